The van der Waals surface area contributed by atoms with Gasteiger partial charge in [-0.05, 0) is 129 Å². The number of rotatable bonds is 6. The van der Waals surface area contributed by atoms with E-state index in [-0.39, 0.29) is 10.8 Å². The quantitative estimate of drug-likeness (QED) is 0.349. The number of phenols is 2. The molecular weight excluding hydrogens is 504 g/mol. The SMILES string of the molecule is CCCCC1=C2CCc3cc(O)ccc3C2(C)CCC1.CCCCC1=C2CCc3cc(O)ccc3C2(C)CCC1=O. The maximum Gasteiger partial charge on any atom is 0.158 e. The topological polar surface area (TPSA) is 57.5 Å². The highest BCUT2D eigenvalue weighted by molar-refractivity contribution is 5.98. The van der Waals surface area contributed by atoms with Crippen molar-refractivity contribution in [2.75, 3.05) is 0 Å². The number of unbranched alkanes of at least 4 members (excludes halogenated alkanes) is 2. The van der Waals surface area contributed by atoms with Gasteiger partial charge in [0.1, 0.15) is 11.5 Å². The van der Waals surface area contributed by atoms with Crippen LogP contribution >= 0.6 is 0 Å². The fourth-order valence-electron chi connectivity index (χ4n) is 8.47. The molecule has 4 aliphatic carbocycles. The van der Waals surface area contributed by atoms with Gasteiger partial charge in [0.05, 0.1) is 0 Å². The van der Waals surface area contributed by atoms with Crippen molar-refractivity contribution in [1.29, 1.82) is 0 Å². The molecule has 0 saturated carbocycles. The number of ketones is 1. The number of carbonyl (C=O) groups excluding carboxylic acids is 1. The number of allylic oxidation sites excluding steroid dienone is 4. The van der Waals surface area contributed by atoms with Crippen LogP contribution in [0.25, 0.3) is 0 Å². The Kier molecular flexibility index (Phi) is 8.83. The molecule has 2 unspecified atom stereocenters. The van der Waals surface area contributed by atoms with Gasteiger partial charge in [-0.2, -0.15) is 0 Å². The van der Waals surface area contributed by atoms with Gasteiger partial charge in [0.2, 0.25) is 0 Å². The van der Waals surface area contributed by atoms with E-state index in [1.54, 1.807) is 17.2 Å². The van der Waals surface area contributed by atoms with E-state index in [1.807, 2.05) is 18.2 Å². The summed E-state index contributed by atoms with van der Waals surface area (Å²) in [4.78, 5) is 12.4. The number of phenolic OH excluding ortho intramolecular Hbond substituents is 2. The van der Waals surface area contributed by atoms with Gasteiger partial charge in [0.25, 0.3) is 0 Å². The van der Waals surface area contributed by atoms with Crippen LogP contribution in [0.15, 0.2) is 58.7 Å². The minimum atomic E-state index is -0.00172. The number of aryl methyl sites for hydroxylation is 2. The Balaban J connectivity index is 0.000000165. The van der Waals surface area contributed by atoms with E-state index in [9.17, 15) is 15.0 Å². The fourth-order valence-corrected chi connectivity index (χ4v) is 8.47. The lowest BCUT2D eigenvalue weighted by Gasteiger charge is -2.43. The molecule has 41 heavy (non-hydrogen) atoms. The molecule has 0 heterocycles. The van der Waals surface area contributed by atoms with Crippen LogP contribution in [0.4, 0.5) is 0 Å². The summed E-state index contributed by atoms with van der Waals surface area (Å²) < 4.78 is 0. The van der Waals surface area contributed by atoms with Crippen LogP contribution in [0.5, 0.6) is 11.5 Å². The molecule has 0 aromatic heterocycles. The Labute approximate surface area is 247 Å². The number of aromatic hydroxyl groups is 2. The Morgan fingerprint density at radius 2 is 1.24 bits per heavy atom. The number of hydrogen-bond donors (Lipinski definition) is 2. The van der Waals surface area contributed by atoms with Gasteiger partial charge in [-0.25, -0.2) is 0 Å². The van der Waals surface area contributed by atoms with Crippen molar-refractivity contribution in [1.82, 2.24) is 0 Å². The average molecular weight is 555 g/mol. The maximum atomic E-state index is 12.4. The third-order valence-corrected chi connectivity index (χ3v) is 10.7. The van der Waals surface area contributed by atoms with E-state index < -0.39 is 0 Å². The van der Waals surface area contributed by atoms with Crippen molar-refractivity contribution in [3.8, 4) is 11.5 Å². The van der Waals surface area contributed by atoms with E-state index in [0.717, 1.165) is 50.5 Å². The predicted octanol–water partition coefficient (Wildman–Crippen LogP) is 9.71. The lowest BCUT2D eigenvalue weighted by Crippen LogP contribution is -2.36. The van der Waals surface area contributed by atoms with Crippen molar-refractivity contribution >= 4 is 5.78 Å². The first kappa shape index (κ1) is 29.7. The second-order valence-electron chi connectivity index (χ2n) is 13.4. The van der Waals surface area contributed by atoms with E-state index >= 15 is 0 Å². The lowest BCUT2D eigenvalue weighted by atomic mass is 9.60. The second-order valence-corrected chi connectivity index (χ2v) is 13.4. The highest BCUT2D eigenvalue weighted by Crippen LogP contribution is 2.51. The summed E-state index contributed by atoms with van der Waals surface area (Å²) in [6, 6.07) is 11.8. The Morgan fingerprint density at radius 3 is 1.85 bits per heavy atom. The van der Waals surface area contributed by atoms with Crippen LogP contribution in [0.3, 0.4) is 0 Å². The Bertz CT molecular complexity index is 1360. The molecule has 2 aromatic rings. The molecule has 2 aromatic carbocycles. The van der Waals surface area contributed by atoms with Crippen molar-refractivity contribution in [3.05, 3.63) is 80.9 Å². The predicted molar refractivity (Wildman–Crippen MR) is 169 cm³/mol. The summed E-state index contributed by atoms with van der Waals surface area (Å²) >= 11 is 0. The van der Waals surface area contributed by atoms with E-state index in [2.05, 4.69) is 39.8 Å². The molecule has 0 fully saturated rings. The molecule has 4 aliphatic rings. The molecule has 0 bridgehead atoms. The standard InChI is InChI=1S/C19H24O2.C19H26O/c1-3-4-5-15-17-8-6-13-12-14(20)7-9-16(13)19(17,2)11-10-18(15)21;1-3-4-6-14-7-5-12-19(2)17(14)10-8-15-13-16(20)9-11-18(15)19/h7,9,12,20H,3-6,8,10-11H2,1-2H3;9,11,13,20H,3-8,10,12H2,1-2H3. The molecule has 0 saturated heterocycles. The zero-order chi connectivity index (χ0) is 29.2. The summed E-state index contributed by atoms with van der Waals surface area (Å²) in [5, 5.41) is 19.4. The van der Waals surface area contributed by atoms with Crippen molar-refractivity contribution in [3.63, 3.8) is 0 Å². The maximum absolute atomic E-state index is 12.4. The molecule has 0 aliphatic heterocycles. The van der Waals surface area contributed by atoms with Gasteiger partial charge < -0.3 is 10.2 Å². The number of carbonyl (C=O) groups is 1. The zero-order valence-electron chi connectivity index (χ0n) is 25.9. The molecule has 2 atom stereocenters. The first-order valence-electron chi connectivity index (χ1n) is 16.3. The van der Waals surface area contributed by atoms with Gasteiger partial charge in [-0.3, -0.25) is 4.79 Å². The van der Waals surface area contributed by atoms with E-state index in [0.29, 0.717) is 23.7 Å². The van der Waals surface area contributed by atoms with Crippen molar-refractivity contribution < 1.29 is 15.0 Å². The number of hydrogen-bond acceptors (Lipinski definition) is 3. The van der Waals surface area contributed by atoms with Crippen LogP contribution in [0.2, 0.25) is 0 Å². The smallest absolute Gasteiger partial charge is 0.158 e. The highest BCUT2D eigenvalue weighted by atomic mass is 16.3. The van der Waals surface area contributed by atoms with Crippen molar-refractivity contribution in [2.45, 2.75) is 135 Å². The van der Waals surface area contributed by atoms with Gasteiger partial charge in [-0.1, -0.05) is 69.4 Å². The molecule has 0 amide bonds. The van der Waals surface area contributed by atoms with Gasteiger partial charge >= 0.3 is 0 Å². The summed E-state index contributed by atoms with van der Waals surface area (Å²) in [7, 11) is 0. The normalized spacial score (nSPS) is 25.0. The van der Waals surface area contributed by atoms with Crippen LogP contribution in [0, 0.1) is 0 Å². The first-order valence-corrected chi connectivity index (χ1v) is 16.3. The molecule has 2 N–H and O–H groups in total. The molecule has 0 spiro atoms. The molecule has 3 nitrogen and oxygen atoms in total. The molecule has 3 heteroatoms. The number of benzene rings is 2. The van der Waals surface area contributed by atoms with Gasteiger partial charge in [0, 0.05) is 17.3 Å². The van der Waals surface area contributed by atoms with Crippen molar-refractivity contribution in [2.24, 2.45) is 0 Å². The largest absolute Gasteiger partial charge is 0.508 e. The summed E-state index contributed by atoms with van der Waals surface area (Å²) in [5.41, 5.74) is 11.6. The monoisotopic (exact) mass is 554 g/mol. The van der Waals surface area contributed by atoms with Gasteiger partial charge in [0.15, 0.2) is 5.78 Å². The minimum absolute atomic E-state index is 0.00172. The van der Waals surface area contributed by atoms with E-state index in [1.165, 1.54) is 72.8 Å². The van der Waals surface area contributed by atoms with E-state index in [4.69, 9.17) is 0 Å². The minimum Gasteiger partial charge on any atom is -0.508 e. The summed E-state index contributed by atoms with van der Waals surface area (Å²) in [5.74, 6) is 1.14. The third kappa shape index (κ3) is 5.66. The number of fused-ring (bicyclic) bond motifs is 6. The Morgan fingerprint density at radius 1 is 0.683 bits per heavy atom. The lowest BCUT2D eigenvalue weighted by molar-refractivity contribution is -0.116. The highest BCUT2D eigenvalue weighted by Gasteiger charge is 2.42. The second kappa shape index (κ2) is 12.2. The molecule has 0 radical (unpaired) electrons. The fraction of sp³-hybridized carbons (Fsp3) is 0.553. The van der Waals surface area contributed by atoms with Crippen LogP contribution in [-0.2, 0) is 28.5 Å². The number of Topliss-reactive ketones (excluding diaryl/α,β-unsaturated/α-hetero) is 1. The molecular formula is C38H50O3. The molecule has 220 valence electrons. The van der Waals surface area contributed by atoms with Crippen LogP contribution in [-0.4, -0.2) is 16.0 Å². The summed E-state index contributed by atoms with van der Waals surface area (Å²) in [6.07, 6.45) is 16.8. The van der Waals surface area contributed by atoms with Crippen LogP contribution < -0.4 is 0 Å². The van der Waals surface area contributed by atoms with Crippen LogP contribution in [0.1, 0.15) is 133 Å². The average Bonchev–Trinajstić information content (AvgIpc) is 2.95. The summed E-state index contributed by atoms with van der Waals surface area (Å²) in [6.45, 7) is 9.18. The molecule has 6 rings (SSSR count). The Hall–Kier alpha value is -2.81. The third-order valence-electron chi connectivity index (χ3n) is 10.7. The zero-order valence-corrected chi connectivity index (χ0v) is 25.9. The first-order chi connectivity index (χ1) is 19.7. The van der Waals surface area contributed by atoms with Gasteiger partial charge in [-0.15, -0.1) is 0 Å².